The fourth-order valence-electron chi connectivity index (χ4n) is 0.834. The van der Waals surface area contributed by atoms with Crippen molar-refractivity contribution in [2.45, 2.75) is 6.92 Å². The van der Waals surface area contributed by atoms with Crippen molar-refractivity contribution >= 4 is 28.7 Å². The Morgan fingerprint density at radius 1 is 1.75 bits per heavy atom. The van der Waals surface area contributed by atoms with E-state index in [1.54, 1.807) is 6.92 Å². The summed E-state index contributed by atoms with van der Waals surface area (Å²) in [4.78, 5) is 21.5. The van der Waals surface area contributed by atoms with Crippen molar-refractivity contribution < 1.29 is 14.7 Å². The monoisotopic (exact) mass is 185 g/mol. The van der Waals surface area contributed by atoms with Crippen LogP contribution in [-0.2, 0) is 4.79 Å². The van der Waals surface area contributed by atoms with Crippen molar-refractivity contribution in [3.63, 3.8) is 0 Å². The average molecular weight is 185 g/mol. The fourth-order valence-corrected chi connectivity index (χ4v) is 1.70. The second-order valence-electron chi connectivity index (χ2n) is 2.17. The molecule has 0 radical (unpaired) electrons. The third-order valence-corrected chi connectivity index (χ3v) is 2.26. The maximum Gasteiger partial charge on any atom is 0.338 e. The number of amides is 1. The molecular formula is C7H7NO3S. The fraction of sp³-hybridized carbons (Fsp3) is 0.143. The molecule has 1 aromatic heterocycles. The zero-order chi connectivity index (χ0) is 9.14. The molecule has 0 aromatic carbocycles. The summed E-state index contributed by atoms with van der Waals surface area (Å²) in [7, 11) is 0. The van der Waals surface area contributed by atoms with E-state index in [0.29, 0.717) is 11.4 Å². The summed E-state index contributed by atoms with van der Waals surface area (Å²) in [6.45, 7) is 1.78. The highest BCUT2D eigenvalue weighted by atomic mass is 32.1. The van der Waals surface area contributed by atoms with Crippen LogP contribution in [0.1, 0.15) is 15.2 Å². The minimum absolute atomic E-state index is 0.143. The maximum absolute atomic E-state index is 10.6. The highest BCUT2D eigenvalue weighted by molar-refractivity contribution is 7.16. The van der Waals surface area contributed by atoms with Crippen LogP contribution in [-0.4, -0.2) is 17.5 Å². The van der Waals surface area contributed by atoms with Crippen molar-refractivity contribution in [1.82, 2.24) is 0 Å². The van der Waals surface area contributed by atoms with Gasteiger partial charge in [-0.3, -0.25) is 4.79 Å². The van der Waals surface area contributed by atoms with Gasteiger partial charge in [-0.25, -0.2) is 4.79 Å². The molecule has 1 aromatic rings. The molecule has 5 heteroatoms. The zero-order valence-electron chi connectivity index (χ0n) is 6.33. The SMILES string of the molecule is Cc1cc(C(=O)O)c(NC=O)s1. The summed E-state index contributed by atoms with van der Waals surface area (Å²) >= 11 is 1.24. The second kappa shape index (κ2) is 3.36. The lowest BCUT2D eigenvalue weighted by Gasteiger charge is -1.93. The predicted octanol–water partition coefficient (Wildman–Crippen LogP) is 1.32. The highest BCUT2D eigenvalue weighted by Gasteiger charge is 2.12. The van der Waals surface area contributed by atoms with Crippen LogP contribution in [0.5, 0.6) is 0 Å². The number of anilines is 1. The number of nitrogens with one attached hydrogen (secondary N) is 1. The first-order chi connectivity index (χ1) is 5.65. The molecule has 0 aliphatic heterocycles. The van der Waals surface area contributed by atoms with Crippen molar-refractivity contribution in [3.05, 3.63) is 16.5 Å². The lowest BCUT2D eigenvalue weighted by molar-refractivity contribution is -0.105. The van der Waals surface area contributed by atoms with Gasteiger partial charge in [0.05, 0.1) is 5.56 Å². The Balaban J connectivity index is 3.07. The Morgan fingerprint density at radius 2 is 2.42 bits per heavy atom. The molecule has 0 saturated heterocycles. The van der Waals surface area contributed by atoms with Crippen LogP contribution in [0, 0.1) is 6.92 Å². The van der Waals surface area contributed by atoms with Crippen molar-refractivity contribution in [3.8, 4) is 0 Å². The number of carbonyl (C=O) groups is 2. The molecule has 64 valence electrons. The average Bonchev–Trinajstić information content (AvgIpc) is 2.32. The molecule has 0 spiro atoms. The van der Waals surface area contributed by atoms with E-state index in [1.807, 2.05) is 0 Å². The van der Waals surface area contributed by atoms with Crippen molar-refractivity contribution in [1.29, 1.82) is 0 Å². The second-order valence-corrected chi connectivity index (χ2v) is 3.42. The molecule has 12 heavy (non-hydrogen) atoms. The number of rotatable bonds is 3. The first-order valence-corrected chi connectivity index (χ1v) is 4.00. The van der Waals surface area contributed by atoms with Crippen LogP contribution < -0.4 is 5.32 Å². The first-order valence-electron chi connectivity index (χ1n) is 3.19. The highest BCUT2D eigenvalue weighted by Crippen LogP contribution is 2.26. The predicted molar refractivity (Wildman–Crippen MR) is 45.7 cm³/mol. The Bertz CT molecular complexity index is 318. The lowest BCUT2D eigenvalue weighted by atomic mass is 10.3. The zero-order valence-corrected chi connectivity index (χ0v) is 7.14. The van der Waals surface area contributed by atoms with Crippen molar-refractivity contribution in [2.24, 2.45) is 0 Å². The van der Waals surface area contributed by atoms with E-state index in [1.165, 1.54) is 17.4 Å². The molecule has 0 unspecified atom stereocenters. The molecule has 2 N–H and O–H groups in total. The molecule has 0 aliphatic rings. The molecule has 1 rings (SSSR count). The molecule has 4 nitrogen and oxygen atoms in total. The lowest BCUT2D eigenvalue weighted by Crippen LogP contribution is -2.00. The molecule has 1 amide bonds. The molecule has 0 bridgehead atoms. The molecular weight excluding hydrogens is 178 g/mol. The third-order valence-electron chi connectivity index (χ3n) is 1.28. The van der Waals surface area contributed by atoms with Crippen molar-refractivity contribution in [2.75, 3.05) is 5.32 Å². The van der Waals surface area contributed by atoms with E-state index in [-0.39, 0.29) is 5.56 Å². The van der Waals surface area contributed by atoms with E-state index in [0.717, 1.165) is 4.88 Å². The largest absolute Gasteiger partial charge is 0.478 e. The van der Waals surface area contributed by atoms with Gasteiger partial charge in [0.25, 0.3) is 0 Å². The van der Waals surface area contributed by atoms with Gasteiger partial charge in [0.2, 0.25) is 6.41 Å². The van der Waals surface area contributed by atoms with Gasteiger partial charge >= 0.3 is 5.97 Å². The van der Waals surface area contributed by atoms with Gasteiger partial charge in [0.1, 0.15) is 5.00 Å². The number of carbonyl (C=O) groups excluding carboxylic acids is 1. The summed E-state index contributed by atoms with van der Waals surface area (Å²) in [6, 6.07) is 1.53. The minimum atomic E-state index is -1.02. The molecule has 0 saturated carbocycles. The smallest absolute Gasteiger partial charge is 0.338 e. The Kier molecular flexibility index (Phi) is 2.44. The van der Waals surface area contributed by atoms with Gasteiger partial charge in [0.15, 0.2) is 0 Å². The number of carboxylic acids is 1. The molecule has 1 heterocycles. The Hall–Kier alpha value is -1.36. The maximum atomic E-state index is 10.6. The quantitative estimate of drug-likeness (QED) is 0.698. The standard InChI is InChI=1S/C7H7NO3S/c1-4-2-5(7(10)11)6(12-4)8-3-9/h2-3H,1H3,(H,8,9)(H,10,11). The number of carboxylic acid groups (broad SMARTS) is 1. The van der Waals surface area contributed by atoms with E-state index < -0.39 is 5.97 Å². The number of aryl methyl sites for hydroxylation is 1. The van der Waals surface area contributed by atoms with E-state index in [4.69, 9.17) is 5.11 Å². The molecule has 0 atom stereocenters. The number of aromatic carboxylic acids is 1. The van der Waals surface area contributed by atoms with Gasteiger partial charge in [-0.15, -0.1) is 11.3 Å². The van der Waals surface area contributed by atoms with Gasteiger partial charge in [-0.05, 0) is 13.0 Å². The van der Waals surface area contributed by atoms with Crippen LogP contribution in [0.15, 0.2) is 6.07 Å². The summed E-state index contributed by atoms with van der Waals surface area (Å²) in [5.41, 5.74) is 0.143. The van der Waals surface area contributed by atoms with Gasteiger partial charge in [-0.2, -0.15) is 0 Å². The molecule has 0 aliphatic carbocycles. The van der Waals surface area contributed by atoms with E-state index in [9.17, 15) is 9.59 Å². The summed E-state index contributed by atoms with van der Waals surface area (Å²) in [5.74, 6) is -1.02. The third kappa shape index (κ3) is 1.62. The summed E-state index contributed by atoms with van der Waals surface area (Å²) < 4.78 is 0. The van der Waals surface area contributed by atoms with Crippen LogP contribution in [0.4, 0.5) is 5.00 Å². The molecule has 0 fully saturated rings. The summed E-state index contributed by atoms with van der Waals surface area (Å²) in [5, 5.41) is 11.4. The van der Waals surface area contributed by atoms with Crippen LogP contribution in [0.2, 0.25) is 0 Å². The van der Waals surface area contributed by atoms with Crippen LogP contribution in [0.25, 0.3) is 0 Å². The van der Waals surface area contributed by atoms with Gasteiger partial charge in [-0.1, -0.05) is 0 Å². The first kappa shape index (κ1) is 8.73. The van der Waals surface area contributed by atoms with Gasteiger partial charge in [0, 0.05) is 4.88 Å². The van der Waals surface area contributed by atoms with Crippen LogP contribution >= 0.6 is 11.3 Å². The van der Waals surface area contributed by atoms with E-state index >= 15 is 0 Å². The Morgan fingerprint density at radius 3 is 2.92 bits per heavy atom. The van der Waals surface area contributed by atoms with E-state index in [2.05, 4.69) is 5.32 Å². The Labute approximate surface area is 72.8 Å². The van der Waals surface area contributed by atoms with Crippen LogP contribution in [0.3, 0.4) is 0 Å². The number of hydrogen-bond donors (Lipinski definition) is 2. The normalized spacial score (nSPS) is 9.42. The number of thiophene rings is 1. The topological polar surface area (TPSA) is 66.4 Å². The van der Waals surface area contributed by atoms with Gasteiger partial charge < -0.3 is 10.4 Å². The minimum Gasteiger partial charge on any atom is -0.478 e. The number of hydrogen-bond acceptors (Lipinski definition) is 3. The summed E-state index contributed by atoms with van der Waals surface area (Å²) in [6.07, 6.45) is 0.470.